The van der Waals surface area contributed by atoms with Crippen LogP contribution in [0.1, 0.15) is 23.0 Å². The van der Waals surface area contributed by atoms with Crippen molar-refractivity contribution in [1.29, 1.82) is 0 Å². The fourth-order valence-electron chi connectivity index (χ4n) is 1.67. The van der Waals surface area contributed by atoms with E-state index in [0.29, 0.717) is 5.69 Å². The molecule has 0 aliphatic rings. The van der Waals surface area contributed by atoms with Crippen LogP contribution in [0.2, 0.25) is 0 Å². The topological polar surface area (TPSA) is 54.0 Å². The zero-order valence-corrected chi connectivity index (χ0v) is 11.1. The second kappa shape index (κ2) is 6.00. The second-order valence-corrected chi connectivity index (χ2v) is 4.28. The minimum atomic E-state index is -0.202. The molecule has 98 valence electrons. The lowest BCUT2D eigenvalue weighted by Crippen LogP contribution is -2.13. The zero-order chi connectivity index (χ0) is 13.7. The predicted molar refractivity (Wildman–Crippen MR) is 77.5 cm³/mol. The molecule has 1 heterocycles. The first-order valence-corrected chi connectivity index (χ1v) is 6.27. The second-order valence-electron chi connectivity index (χ2n) is 4.28. The van der Waals surface area contributed by atoms with Crippen LogP contribution in [0.4, 0.5) is 11.4 Å². The Labute approximate surface area is 112 Å². The lowest BCUT2D eigenvalue weighted by molar-refractivity contribution is 0.102. The minimum absolute atomic E-state index is 0.202. The fourth-order valence-corrected chi connectivity index (χ4v) is 1.67. The summed E-state index contributed by atoms with van der Waals surface area (Å²) in [5, 5.41) is 5.95. The van der Waals surface area contributed by atoms with Gasteiger partial charge in [-0.3, -0.25) is 4.79 Å². The molecule has 0 aliphatic heterocycles. The van der Waals surface area contributed by atoms with Gasteiger partial charge in [-0.25, -0.2) is 4.98 Å². The molecule has 0 unspecified atom stereocenters. The Kier molecular flexibility index (Phi) is 4.13. The van der Waals surface area contributed by atoms with Gasteiger partial charge in [0.1, 0.15) is 5.69 Å². The summed E-state index contributed by atoms with van der Waals surface area (Å²) in [6.07, 6.45) is 1.66. The molecule has 0 spiro atoms. The number of nitrogens with zero attached hydrogens (tertiary/aromatic N) is 1. The van der Waals surface area contributed by atoms with Crippen LogP contribution >= 0.6 is 0 Å². The summed E-state index contributed by atoms with van der Waals surface area (Å²) in [4.78, 5) is 16.1. The van der Waals surface area contributed by atoms with Gasteiger partial charge in [0, 0.05) is 12.2 Å². The Bertz CT molecular complexity index is 547. The van der Waals surface area contributed by atoms with Crippen LogP contribution < -0.4 is 10.6 Å². The van der Waals surface area contributed by atoms with Crippen molar-refractivity contribution in [3.63, 3.8) is 0 Å². The predicted octanol–water partition coefficient (Wildman–Crippen LogP) is 3.07. The number of rotatable bonds is 4. The van der Waals surface area contributed by atoms with Crippen LogP contribution in [0.5, 0.6) is 0 Å². The van der Waals surface area contributed by atoms with E-state index in [1.807, 2.05) is 44.2 Å². The van der Waals surface area contributed by atoms with Crippen molar-refractivity contribution in [1.82, 2.24) is 4.98 Å². The van der Waals surface area contributed by atoms with Gasteiger partial charge in [0.05, 0.1) is 11.9 Å². The maximum absolute atomic E-state index is 12.0. The van der Waals surface area contributed by atoms with Crippen molar-refractivity contribution < 1.29 is 4.79 Å². The van der Waals surface area contributed by atoms with Crippen molar-refractivity contribution in [2.75, 3.05) is 17.2 Å². The van der Waals surface area contributed by atoms with E-state index in [1.165, 1.54) is 0 Å². The van der Waals surface area contributed by atoms with Gasteiger partial charge in [-0.15, -0.1) is 0 Å². The third-order valence-electron chi connectivity index (χ3n) is 2.69. The first-order valence-electron chi connectivity index (χ1n) is 6.27. The molecule has 0 atom stereocenters. The molecule has 0 aliphatic carbocycles. The third-order valence-corrected chi connectivity index (χ3v) is 2.69. The highest BCUT2D eigenvalue weighted by atomic mass is 16.1. The van der Waals surface area contributed by atoms with E-state index < -0.39 is 0 Å². The number of carbonyl (C=O) groups is 1. The van der Waals surface area contributed by atoms with Gasteiger partial charge in [-0.1, -0.05) is 17.7 Å². The molecule has 4 heteroatoms. The maximum Gasteiger partial charge on any atom is 0.274 e. The highest BCUT2D eigenvalue weighted by molar-refractivity contribution is 6.02. The monoisotopic (exact) mass is 255 g/mol. The Hall–Kier alpha value is -2.36. The molecule has 2 N–H and O–H groups in total. The SMILES string of the molecule is CCNc1ccc(C(=O)Nc2ccc(C)cc2)nc1. The summed E-state index contributed by atoms with van der Waals surface area (Å²) < 4.78 is 0. The van der Waals surface area contributed by atoms with Crippen LogP contribution in [0.3, 0.4) is 0 Å². The number of benzene rings is 1. The minimum Gasteiger partial charge on any atom is -0.384 e. The molecule has 0 saturated heterocycles. The molecular formula is C15H17N3O. The normalized spacial score (nSPS) is 10.0. The number of amides is 1. The Morgan fingerprint density at radius 2 is 1.79 bits per heavy atom. The lowest BCUT2D eigenvalue weighted by Gasteiger charge is -2.06. The molecule has 0 fully saturated rings. The van der Waals surface area contributed by atoms with Crippen LogP contribution in [0.25, 0.3) is 0 Å². The fraction of sp³-hybridized carbons (Fsp3) is 0.200. The van der Waals surface area contributed by atoms with Crippen LogP contribution in [-0.2, 0) is 0 Å². The largest absolute Gasteiger partial charge is 0.384 e. The smallest absolute Gasteiger partial charge is 0.274 e. The van der Waals surface area contributed by atoms with Crippen molar-refractivity contribution in [3.8, 4) is 0 Å². The first-order chi connectivity index (χ1) is 9.19. The van der Waals surface area contributed by atoms with E-state index in [-0.39, 0.29) is 5.91 Å². The van der Waals surface area contributed by atoms with Crippen molar-refractivity contribution in [2.45, 2.75) is 13.8 Å². The quantitative estimate of drug-likeness (QED) is 0.882. The standard InChI is InChI=1S/C15H17N3O/c1-3-16-13-8-9-14(17-10-13)15(19)18-12-6-4-11(2)5-7-12/h4-10,16H,3H2,1-2H3,(H,18,19). The number of hydrogen-bond donors (Lipinski definition) is 2. The summed E-state index contributed by atoms with van der Waals surface area (Å²) in [7, 11) is 0. The van der Waals surface area contributed by atoms with Crippen molar-refractivity contribution in [2.24, 2.45) is 0 Å². The van der Waals surface area contributed by atoms with Crippen LogP contribution in [0.15, 0.2) is 42.6 Å². The van der Waals surface area contributed by atoms with Crippen molar-refractivity contribution >= 4 is 17.3 Å². The molecule has 1 aromatic heterocycles. The van der Waals surface area contributed by atoms with E-state index in [0.717, 1.165) is 23.5 Å². The molecule has 0 bridgehead atoms. The van der Waals surface area contributed by atoms with E-state index in [4.69, 9.17) is 0 Å². The Morgan fingerprint density at radius 3 is 2.37 bits per heavy atom. The average Bonchev–Trinajstić information content (AvgIpc) is 2.42. The molecule has 1 aromatic carbocycles. The Balaban J connectivity index is 2.05. The molecule has 1 amide bonds. The van der Waals surface area contributed by atoms with Gasteiger partial charge >= 0.3 is 0 Å². The number of nitrogens with one attached hydrogen (secondary N) is 2. The molecule has 0 saturated carbocycles. The number of aryl methyl sites for hydroxylation is 1. The summed E-state index contributed by atoms with van der Waals surface area (Å²) in [6.45, 7) is 4.85. The first kappa shape index (κ1) is 13.1. The van der Waals surface area contributed by atoms with Crippen molar-refractivity contribution in [3.05, 3.63) is 53.9 Å². The van der Waals surface area contributed by atoms with Gasteiger partial charge in [-0.2, -0.15) is 0 Å². The van der Waals surface area contributed by atoms with Gasteiger partial charge in [0.25, 0.3) is 5.91 Å². The molecule has 2 rings (SSSR count). The van der Waals surface area contributed by atoms with Gasteiger partial charge in [0.15, 0.2) is 0 Å². The summed E-state index contributed by atoms with van der Waals surface area (Å²) in [5.74, 6) is -0.202. The number of anilines is 2. The molecule has 0 radical (unpaired) electrons. The van der Waals surface area contributed by atoms with E-state index in [1.54, 1.807) is 12.3 Å². The number of pyridine rings is 1. The van der Waals surface area contributed by atoms with Gasteiger partial charge in [0.2, 0.25) is 0 Å². The molecule has 19 heavy (non-hydrogen) atoms. The summed E-state index contributed by atoms with van der Waals surface area (Å²) in [6, 6.07) is 11.2. The summed E-state index contributed by atoms with van der Waals surface area (Å²) in [5.41, 5.74) is 3.25. The van der Waals surface area contributed by atoms with E-state index in [9.17, 15) is 4.79 Å². The lowest BCUT2D eigenvalue weighted by atomic mass is 10.2. The maximum atomic E-state index is 12.0. The van der Waals surface area contributed by atoms with Crippen LogP contribution in [-0.4, -0.2) is 17.4 Å². The van der Waals surface area contributed by atoms with E-state index >= 15 is 0 Å². The molecule has 4 nitrogen and oxygen atoms in total. The Morgan fingerprint density at radius 1 is 1.11 bits per heavy atom. The highest BCUT2D eigenvalue weighted by Gasteiger charge is 2.07. The van der Waals surface area contributed by atoms with Gasteiger partial charge in [-0.05, 0) is 38.1 Å². The van der Waals surface area contributed by atoms with E-state index in [2.05, 4.69) is 15.6 Å². The highest BCUT2D eigenvalue weighted by Crippen LogP contribution is 2.11. The number of aromatic nitrogens is 1. The molecular weight excluding hydrogens is 238 g/mol. The van der Waals surface area contributed by atoms with Gasteiger partial charge < -0.3 is 10.6 Å². The average molecular weight is 255 g/mol. The number of hydrogen-bond acceptors (Lipinski definition) is 3. The number of carbonyl (C=O) groups excluding carboxylic acids is 1. The zero-order valence-electron chi connectivity index (χ0n) is 11.1. The third kappa shape index (κ3) is 3.55. The summed E-state index contributed by atoms with van der Waals surface area (Å²) >= 11 is 0. The molecule has 2 aromatic rings. The van der Waals surface area contributed by atoms with Crippen LogP contribution in [0, 0.1) is 6.92 Å².